The fourth-order valence-electron chi connectivity index (χ4n) is 1.93. The SMILES string of the molecule is C=CCN(CC=C)CCCNc1ccccc1[N+](=O)[O-]. The molecule has 0 aliphatic heterocycles. The Hall–Kier alpha value is -2.14. The molecule has 0 amide bonds. The number of para-hydroxylation sites is 2. The minimum Gasteiger partial charge on any atom is -0.379 e. The average molecular weight is 275 g/mol. The van der Waals surface area contributed by atoms with Gasteiger partial charge in [0, 0.05) is 32.2 Å². The van der Waals surface area contributed by atoms with Crippen LogP contribution in [-0.2, 0) is 0 Å². The second kappa shape index (κ2) is 8.87. The maximum Gasteiger partial charge on any atom is 0.292 e. The zero-order valence-electron chi connectivity index (χ0n) is 11.6. The molecule has 0 aromatic heterocycles. The quantitative estimate of drug-likeness (QED) is 0.308. The molecule has 0 aliphatic rings. The highest BCUT2D eigenvalue weighted by Gasteiger charge is 2.11. The van der Waals surface area contributed by atoms with E-state index in [0.29, 0.717) is 12.2 Å². The van der Waals surface area contributed by atoms with Crippen molar-refractivity contribution in [2.45, 2.75) is 6.42 Å². The van der Waals surface area contributed by atoms with Gasteiger partial charge in [-0.2, -0.15) is 0 Å². The standard InChI is InChI=1S/C15H21N3O2/c1-3-11-17(12-4-2)13-7-10-16-14-8-5-6-9-15(14)18(19)20/h3-6,8-9,16H,1-2,7,10-13H2. The molecule has 0 heterocycles. The molecular formula is C15H21N3O2. The van der Waals surface area contributed by atoms with Gasteiger partial charge in [0.15, 0.2) is 0 Å². The molecule has 1 rings (SSSR count). The first-order chi connectivity index (χ1) is 9.69. The first-order valence-corrected chi connectivity index (χ1v) is 6.60. The van der Waals surface area contributed by atoms with Crippen LogP contribution >= 0.6 is 0 Å². The van der Waals surface area contributed by atoms with Crippen molar-refractivity contribution in [3.05, 3.63) is 59.7 Å². The van der Waals surface area contributed by atoms with Gasteiger partial charge in [-0.1, -0.05) is 24.3 Å². The van der Waals surface area contributed by atoms with Crippen LogP contribution in [0.3, 0.4) is 0 Å². The van der Waals surface area contributed by atoms with Crippen molar-refractivity contribution in [3.8, 4) is 0 Å². The number of anilines is 1. The lowest BCUT2D eigenvalue weighted by Gasteiger charge is -2.18. The van der Waals surface area contributed by atoms with E-state index in [1.807, 2.05) is 12.2 Å². The summed E-state index contributed by atoms with van der Waals surface area (Å²) in [6.07, 6.45) is 4.62. The van der Waals surface area contributed by atoms with Gasteiger partial charge in [0.25, 0.3) is 5.69 Å². The minimum absolute atomic E-state index is 0.113. The molecule has 0 spiro atoms. The number of nitrogens with one attached hydrogen (secondary N) is 1. The van der Waals surface area contributed by atoms with Crippen molar-refractivity contribution in [1.82, 2.24) is 4.90 Å². The van der Waals surface area contributed by atoms with Crippen LogP contribution in [0, 0.1) is 10.1 Å². The third kappa shape index (κ3) is 5.24. The van der Waals surface area contributed by atoms with E-state index in [1.54, 1.807) is 18.2 Å². The number of hydrogen-bond donors (Lipinski definition) is 1. The van der Waals surface area contributed by atoms with Crippen LogP contribution in [0.15, 0.2) is 49.6 Å². The second-order valence-electron chi connectivity index (χ2n) is 4.39. The predicted octanol–water partition coefficient (Wildman–Crippen LogP) is 3.07. The Labute approximate surface area is 119 Å². The van der Waals surface area contributed by atoms with Gasteiger partial charge in [0.2, 0.25) is 0 Å². The zero-order valence-corrected chi connectivity index (χ0v) is 11.6. The van der Waals surface area contributed by atoms with Crippen LogP contribution in [0.5, 0.6) is 0 Å². The topological polar surface area (TPSA) is 58.4 Å². The van der Waals surface area contributed by atoms with Crippen molar-refractivity contribution in [1.29, 1.82) is 0 Å². The Bertz CT molecular complexity index is 450. The number of benzene rings is 1. The normalized spacial score (nSPS) is 10.2. The largest absolute Gasteiger partial charge is 0.379 e. The smallest absolute Gasteiger partial charge is 0.292 e. The van der Waals surface area contributed by atoms with Gasteiger partial charge >= 0.3 is 0 Å². The molecule has 0 bridgehead atoms. The van der Waals surface area contributed by atoms with Crippen molar-refractivity contribution in [2.75, 3.05) is 31.5 Å². The molecule has 0 aliphatic carbocycles. The summed E-state index contributed by atoms with van der Waals surface area (Å²) in [5, 5.41) is 14.0. The van der Waals surface area contributed by atoms with E-state index >= 15 is 0 Å². The fourth-order valence-corrected chi connectivity index (χ4v) is 1.93. The van der Waals surface area contributed by atoms with Gasteiger partial charge in [-0.05, 0) is 12.5 Å². The Morgan fingerprint density at radius 3 is 2.50 bits per heavy atom. The van der Waals surface area contributed by atoms with Crippen molar-refractivity contribution in [3.63, 3.8) is 0 Å². The minimum atomic E-state index is -0.371. The monoisotopic (exact) mass is 275 g/mol. The number of nitro groups is 1. The third-order valence-corrected chi connectivity index (χ3v) is 2.84. The molecule has 0 saturated heterocycles. The van der Waals surface area contributed by atoms with E-state index in [4.69, 9.17) is 0 Å². The number of rotatable bonds is 10. The molecule has 0 saturated carbocycles. The summed E-state index contributed by atoms with van der Waals surface area (Å²) in [5.74, 6) is 0. The molecule has 5 nitrogen and oxygen atoms in total. The van der Waals surface area contributed by atoms with Gasteiger partial charge in [-0.3, -0.25) is 15.0 Å². The Kier molecular flexibility index (Phi) is 7.06. The summed E-state index contributed by atoms with van der Waals surface area (Å²) in [5.41, 5.74) is 0.679. The molecule has 1 N–H and O–H groups in total. The van der Waals surface area contributed by atoms with Gasteiger partial charge in [-0.15, -0.1) is 13.2 Å². The van der Waals surface area contributed by atoms with Crippen LogP contribution < -0.4 is 5.32 Å². The molecule has 0 radical (unpaired) electrons. The van der Waals surface area contributed by atoms with E-state index in [1.165, 1.54) is 6.07 Å². The summed E-state index contributed by atoms with van der Waals surface area (Å²) < 4.78 is 0. The highest BCUT2D eigenvalue weighted by atomic mass is 16.6. The predicted molar refractivity (Wildman–Crippen MR) is 83.0 cm³/mol. The highest BCUT2D eigenvalue weighted by molar-refractivity contribution is 5.60. The maximum absolute atomic E-state index is 10.9. The lowest BCUT2D eigenvalue weighted by Crippen LogP contribution is -2.26. The first-order valence-electron chi connectivity index (χ1n) is 6.60. The molecule has 0 unspecified atom stereocenters. The summed E-state index contributed by atoms with van der Waals surface area (Å²) in [6, 6.07) is 6.68. The molecule has 1 aromatic rings. The fraction of sp³-hybridized carbons (Fsp3) is 0.333. The van der Waals surface area contributed by atoms with Crippen LogP contribution in [0.4, 0.5) is 11.4 Å². The number of nitro benzene ring substituents is 1. The number of hydrogen-bond acceptors (Lipinski definition) is 4. The molecule has 108 valence electrons. The molecule has 0 atom stereocenters. The third-order valence-electron chi connectivity index (χ3n) is 2.84. The summed E-state index contributed by atoms with van der Waals surface area (Å²) in [6.45, 7) is 10.7. The van der Waals surface area contributed by atoms with Crippen LogP contribution in [-0.4, -0.2) is 36.0 Å². The van der Waals surface area contributed by atoms with Crippen LogP contribution in [0.2, 0.25) is 0 Å². The van der Waals surface area contributed by atoms with Crippen LogP contribution in [0.1, 0.15) is 6.42 Å². The van der Waals surface area contributed by atoms with E-state index in [2.05, 4.69) is 23.4 Å². The first kappa shape index (κ1) is 15.9. The molecule has 0 fully saturated rings. The van der Waals surface area contributed by atoms with E-state index < -0.39 is 0 Å². The van der Waals surface area contributed by atoms with E-state index in [9.17, 15) is 10.1 Å². The Balaban J connectivity index is 2.42. The lowest BCUT2D eigenvalue weighted by molar-refractivity contribution is -0.384. The highest BCUT2D eigenvalue weighted by Crippen LogP contribution is 2.22. The van der Waals surface area contributed by atoms with Crippen molar-refractivity contribution >= 4 is 11.4 Å². The summed E-state index contributed by atoms with van der Waals surface area (Å²) in [7, 11) is 0. The second-order valence-corrected chi connectivity index (χ2v) is 4.39. The van der Waals surface area contributed by atoms with Gasteiger partial charge in [0.05, 0.1) is 4.92 Å². The van der Waals surface area contributed by atoms with Crippen LogP contribution in [0.25, 0.3) is 0 Å². The Morgan fingerprint density at radius 1 is 1.25 bits per heavy atom. The maximum atomic E-state index is 10.9. The van der Waals surface area contributed by atoms with Crippen molar-refractivity contribution in [2.24, 2.45) is 0 Å². The van der Waals surface area contributed by atoms with E-state index in [-0.39, 0.29) is 10.6 Å². The molecule has 20 heavy (non-hydrogen) atoms. The van der Waals surface area contributed by atoms with E-state index in [0.717, 1.165) is 26.1 Å². The summed E-state index contributed by atoms with van der Waals surface area (Å²) in [4.78, 5) is 12.7. The Morgan fingerprint density at radius 2 is 1.90 bits per heavy atom. The average Bonchev–Trinajstić information content (AvgIpc) is 2.44. The zero-order chi connectivity index (χ0) is 14.8. The summed E-state index contributed by atoms with van der Waals surface area (Å²) >= 11 is 0. The number of nitrogens with zero attached hydrogens (tertiary/aromatic N) is 2. The molecule has 1 aromatic carbocycles. The van der Waals surface area contributed by atoms with Crippen molar-refractivity contribution < 1.29 is 4.92 Å². The van der Waals surface area contributed by atoms with Gasteiger partial charge in [-0.25, -0.2) is 0 Å². The molecular weight excluding hydrogens is 254 g/mol. The van der Waals surface area contributed by atoms with Gasteiger partial charge in [0.1, 0.15) is 5.69 Å². The van der Waals surface area contributed by atoms with Gasteiger partial charge < -0.3 is 5.32 Å². The molecule has 5 heteroatoms. The lowest BCUT2D eigenvalue weighted by atomic mass is 10.2.